The summed E-state index contributed by atoms with van der Waals surface area (Å²) >= 11 is 0. The number of alkyl halides is 1. The zero-order chi connectivity index (χ0) is 7.72. The van der Waals surface area contributed by atoms with Gasteiger partial charge in [-0.1, -0.05) is 0 Å². The lowest BCUT2D eigenvalue weighted by Gasteiger charge is -2.00. The van der Waals surface area contributed by atoms with Crippen molar-refractivity contribution in [3.63, 3.8) is 0 Å². The largest absolute Gasteiger partial charge is 0.390 e. The van der Waals surface area contributed by atoms with Crippen LogP contribution in [0.1, 0.15) is 12.8 Å². The molecule has 3 atom stereocenters. The smallest absolute Gasteiger partial charge is 0.220 e. The molecule has 0 radical (unpaired) electrons. The molecule has 1 rings (SSSR count). The van der Waals surface area contributed by atoms with Crippen LogP contribution in [0.5, 0.6) is 0 Å². The van der Waals surface area contributed by atoms with Gasteiger partial charge in [-0.2, -0.15) is 0 Å². The summed E-state index contributed by atoms with van der Waals surface area (Å²) in [6.07, 6.45) is -2.00. The highest BCUT2D eigenvalue weighted by atomic mass is 19.1. The van der Waals surface area contributed by atoms with Crippen molar-refractivity contribution in [1.82, 2.24) is 0 Å². The van der Waals surface area contributed by atoms with E-state index < -0.39 is 24.1 Å². The van der Waals surface area contributed by atoms with Crippen molar-refractivity contribution in [2.45, 2.75) is 25.1 Å². The number of amides is 1. The summed E-state index contributed by atoms with van der Waals surface area (Å²) < 4.78 is 12.5. The highest BCUT2D eigenvalue weighted by Crippen LogP contribution is 2.27. The fraction of sp³-hybridized carbons (Fsp3) is 0.833. The number of hydrogen-bond donors (Lipinski definition) is 2. The Balaban J connectivity index is 2.49. The molecule has 3 N–H and O–H groups in total. The maximum absolute atomic E-state index is 12.5. The minimum absolute atomic E-state index is 0.0799. The first-order valence-corrected chi connectivity index (χ1v) is 3.22. The van der Waals surface area contributed by atoms with E-state index in [1.54, 1.807) is 0 Å². The lowest BCUT2D eigenvalue weighted by Crippen LogP contribution is -2.21. The molecule has 10 heavy (non-hydrogen) atoms. The molecule has 0 aliphatic heterocycles. The van der Waals surface area contributed by atoms with Gasteiger partial charge >= 0.3 is 0 Å². The van der Waals surface area contributed by atoms with Gasteiger partial charge in [-0.25, -0.2) is 4.39 Å². The van der Waals surface area contributed by atoms with Crippen LogP contribution >= 0.6 is 0 Å². The predicted octanol–water partition coefficient (Wildman–Crippen LogP) is -0.419. The first-order valence-electron chi connectivity index (χ1n) is 3.22. The van der Waals surface area contributed by atoms with E-state index in [1.807, 2.05) is 0 Å². The summed E-state index contributed by atoms with van der Waals surface area (Å²) in [4.78, 5) is 10.4. The van der Waals surface area contributed by atoms with Gasteiger partial charge in [0.1, 0.15) is 6.17 Å². The number of carbonyl (C=O) groups excluding carboxylic acids is 1. The van der Waals surface area contributed by atoms with Crippen molar-refractivity contribution in [3.8, 4) is 0 Å². The monoisotopic (exact) mass is 147 g/mol. The maximum Gasteiger partial charge on any atom is 0.220 e. The minimum atomic E-state index is -1.27. The van der Waals surface area contributed by atoms with Gasteiger partial charge in [-0.3, -0.25) is 4.79 Å². The molecule has 0 aromatic rings. The summed E-state index contributed by atoms with van der Waals surface area (Å²) in [7, 11) is 0. The van der Waals surface area contributed by atoms with Crippen LogP contribution < -0.4 is 5.73 Å². The fourth-order valence-corrected chi connectivity index (χ4v) is 1.20. The van der Waals surface area contributed by atoms with E-state index in [2.05, 4.69) is 0 Å². The van der Waals surface area contributed by atoms with Crippen molar-refractivity contribution < 1.29 is 14.3 Å². The van der Waals surface area contributed by atoms with E-state index in [4.69, 9.17) is 10.8 Å². The molecule has 1 fully saturated rings. The Morgan fingerprint density at radius 2 is 2.20 bits per heavy atom. The molecule has 4 heteroatoms. The molecule has 0 heterocycles. The Hall–Kier alpha value is -0.640. The summed E-state index contributed by atoms with van der Waals surface area (Å²) in [5, 5.41) is 8.83. The standard InChI is InChI=1S/C6H10FNO2/c7-4-1-3(6(8)10)2-5(4)9/h3-5,9H,1-2H2,(H2,8,10). The molecule has 0 aromatic carbocycles. The van der Waals surface area contributed by atoms with Gasteiger partial charge in [-0.05, 0) is 12.8 Å². The van der Waals surface area contributed by atoms with Crippen LogP contribution in [-0.2, 0) is 4.79 Å². The van der Waals surface area contributed by atoms with Crippen LogP contribution in [0, 0.1) is 5.92 Å². The predicted molar refractivity (Wildman–Crippen MR) is 32.8 cm³/mol. The number of aliphatic hydroxyl groups excluding tert-OH is 1. The summed E-state index contributed by atoms with van der Waals surface area (Å²) in [5.41, 5.74) is 4.91. The second-order valence-corrected chi connectivity index (χ2v) is 2.65. The topological polar surface area (TPSA) is 63.3 Å². The van der Waals surface area contributed by atoms with Crippen LogP contribution in [0.2, 0.25) is 0 Å². The Morgan fingerprint density at radius 1 is 1.60 bits per heavy atom. The van der Waals surface area contributed by atoms with E-state index in [0.717, 1.165) is 0 Å². The average Bonchev–Trinajstić information content (AvgIpc) is 2.13. The molecule has 3 nitrogen and oxygen atoms in total. The van der Waals surface area contributed by atoms with Gasteiger partial charge in [0.05, 0.1) is 6.10 Å². The van der Waals surface area contributed by atoms with Gasteiger partial charge in [-0.15, -0.1) is 0 Å². The lowest BCUT2D eigenvalue weighted by atomic mass is 10.1. The molecule has 1 saturated carbocycles. The van der Waals surface area contributed by atoms with Gasteiger partial charge in [0.2, 0.25) is 5.91 Å². The van der Waals surface area contributed by atoms with Crippen molar-refractivity contribution in [2.24, 2.45) is 11.7 Å². The number of aliphatic hydroxyl groups is 1. The second-order valence-electron chi connectivity index (χ2n) is 2.65. The second kappa shape index (κ2) is 2.54. The minimum Gasteiger partial charge on any atom is -0.390 e. The average molecular weight is 147 g/mol. The highest BCUT2D eigenvalue weighted by Gasteiger charge is 2.35. The summed E-state index contributed by atoms with van der Waals surface area (Å²) in [6.45, 7) is 0. The Labute approximate surface area is 58.0 Å². The number of halogens is 1. The number of rotatable bonds is 1. The zero-order valence-electron chi connectivity index (χ0n) is 5.46. The van der Waals surface area contributed by atoms with E-state index in [0.29, 0.717) is 0 Å². The molecule has 1 amide bonds. The quantitative estimate of drug-likeness (QED) is 0.529. The van der Waals surface area contributed by atoms with Crippen LogP contribution in [0.4, 0.5) is 4.39 Å². The molecule has 58 valence electrons. The Bertz CT molecular complexity index is 141. The zero-order valence-corrected chi connectivity index (χ0v) is 5.46. The SMILES string of the molecule is NC(=O)C1CC(O)C(F)C1. The van der Waals surface area contributed by atoms with Gasteiger partial charge < -0.3 is 10.8 Å². The normalized spacial score (nSPS) is 40.0. The molecule has 0 saturated heterocycles. The molecule has 0 spiro atoms. The summed E-state index contributed by atoms with van der Waals surface area (Å²) in [5.74, 6) is -0.982. The first kappa shape index (κ1) is 7.47. The highest BCUT2D eigenvalue weighted by molar-refractivity contribution is 5.77. The van der Waals surface area contributed by atoms with Gasteiger partial charge in [0.15, 0.2) is 0 Å². The van der Waals surface area contributed by atoms with Gasteiger partial charge in [0, 0.05) is 5.92 Å². The van der Waals surface area contributed by atoms with E-state index in [9.17, 15) is 9.18 Å². The van der Waals surface area contributed by atoms with Crippen LogP contribution in [0.15, 0.2) is 0 Å². The van der Waals surface area contributed by atoms with E-state index >= 15 is 0 Å². The van der Waals surface area contributed by atoms with Crippen molar-refractivity contribution in [1.29, 1.82) is 0 Å². The molecule has 0 aromatic heterocycles. The molecular formula is C6H10FNO2. The number of nitrogens with two attached hydrogens (primary N) is 1. The molecular weight excluding hydrogens is 137 g/mol. The van der Waals surface area contributed by atoms with Crippen molar-refractivity contribution in [2.75, 3.05) is 0 Å². The lowest BCUT2D eigenvalue weighted by molar-refractivity contribution is -0.121. The van der Waals surface area contributed by atoms with E-state index in [1.165, 1.54) is 0 Å². The molecule has 1 aliphatic carbocycles. The maximum atomic E-state index is 12.5. The Morgan fingerprint density at radius 3 is 2.40 bits per heavy atom. The van der Waals surface area contributed by atoms with Crippen LogP contribution in [0.3, 0.4) is 0 Å². The van der Waals surface area contributed by atoms with Crippen LogP contribution in [0.25, 0.3) is 0 Å². The summed E-state index contributed by atoms with van der Waals surface area (Å²) in [6, 6.07) is 0. The fourth-order valence-electron chi connectivity index (χ4n) is 1.20. The molecule has 1 aliphatic rings. The van der Waals surface area contributed by atoms with Crippen LogP contribution in [-0.4, -0.2) is 23.3 Å². The Kier molecular flexibility index (Phi) is 1.89. The third-order valence-electron chi connectivity index (χ3n) is 1.86. The number of primary amides is 1. The molecule has 3 unspecified atom stereocenters. The van der Waals surface area contributed by atoms with Crippen molar-refractivity contribution >= 4 is 5.91 Å². The number of hydrogen-bond acceptors (Lipinski definition) is 2. The first-order chi connectivity index (χ1) is 4.61. The van der Waals surface area contributed by atoms with Gasteiger partial charge in [0.25, 0.3) is 0 Å². The third-order valence-corrected chi connectivity index (χ3v) is 1.86. The van der Waals surface area contributed by atoms with E-state index in [-0.39, 0.29) is 12.8 Å². The molecule has 0 bridgehead atoms. The number of carbonyl (C=O) groups is 1. The van der Waals surface area contributed by atoms with Crippen molar-refractivity contribution in [3.05, 3.63) is 0 Å². The third kappa shape index (κ3) is 1.26.